The third kappa shape index (κ3) is 3.99. The van der Waals surface area contributed by atoms with Crippen LogP contribution in [0, 0.1) is 6.92 Å². The fraction of sp³-hybridized carbons (Fsp3) is 0.435. The third-order valence-electron chi connectivity index (χ3n) is 6.36. The summed E-state index contributed by atoms with van der Waals surface area (Å²) in [6, 6.07) is 8.42. The zero-order valence-electron chi connectivity index (χ0n) is 17.5. The van der Waals surface area contributed by atoms with Crippen molar-refractivity contribution in [2.45, 2.75) is 50.7 Å². The Morgan fingerprint density at radius 1 is 1.16 bits per heavy atom. The van der Waals surface area contributed by atoms with E-state index in [0.29, 0.717) is 24.0 Å². The Balaban J connectivity index is 1.31. The Kier molecular flexibility index (Phi) is 5.31. The van der Waals surface area contributed by atoms with Crippen molar-refractivity contribution in [3.63, 3.8) is 0 Å². The van der Waals surface area contributed by atoms with Crippen LogP contribution in [0.1, 0.15) is 31.6 Å². The van der Waals surface area contributed by atoms with Gasteiger partial charge in [-0.3, -0.25) is 5.32 Å². The van der Waals surface area contributed by atoms with Gasteiger partial charge in [0.2, 0.25) is 0 Å². The fourth-order valence-electron chi connectivity index (χ4n) is 4.97. The van der Waals surface area contributed by atoms with Crippen LogP contribution in [-0.4, -0.2) is 52.2 Å². The highest BCUT2D eigenvalue weighted by Crippen LogP contribution is 2.36. The number of nitrogens with one attached hydrogen (secondary N) is 2. The first-order chi connectivity index (χ1) is 15.1. The Bertz CT molecular complexity index is 1090. The topological polar surface area (TPSA) is 83.3 Å². The summed E-state index contributed by atoms with van der Waals surface area (Å²) in [6.07, 6.45) is 7.21. The molecule has 5 rings (SSSR count). The summed E-state index contributed by atoms with van der Waals surface area (Å²) in [5.41, 5.74) is 0.928. The van der Waals surface area contributed by atoms with Crippen LogP contribution in [0.2, 0.25) is 0 Å². The number of rotatable bonds is 5. The molecule has 3 atom stereocenters. The average molecular weight is 423 g/mol. The van der Waals surface area contributed by atoms with Gasteiger partial charge in [-0.05, 0) is 43.2 Å². The summed E-state index contributed by atoms with van der Waals surface area (Å²) in [7, 11) is 0. The second kappa shape index (κ2) is 8.26. The molecule has 2 saturated heterocycles. The number of urea groups is 1. The number of pyridine rings is 1. The van der Waals surface area contributed by atoms with Crippen molar-refractivity contribution >= 4 is 22.6 Å². The fourth-order valence-corrected chi connectivity index (χ4v) is 4.97. The van der Waals surface area contributed by atoms with Gasteiger partial charge < -0.3 is 14.6 Å². The minimum atomic E-state index is -0.360. The van der Waals surface area contributed by atoms with Gasteiger partial charge in [0.1, 0.15) is 12.5 Å². The van der Waals surface area contributed by atoms with Crippen molar-refractivity contribution in [1.29, 1.82) is 0 Å². The first-order valence-corrected chi connectivity index (χ1v) is 10.8. The molecule has 2 fully saturated rings. The van der Waals surface area contributed by atoms with Gasteiger partial charge in [0.15, 0.2) is 11.7 Å². The van der Waals surface area contributed by atoms with Crippen LogP contribution in [0.3, 0.4) is 0 Å². The summed E-state index contributed by atoms with van der Waals surface area (Å²) in [5.74, 6) is 1.86. The molecule has 7 nitrogen and oxygen atoms in total. The largest absolute Gasteiger partial charge is 0.441 e. The molecule has 4 heterocycles. The van der Waals surface area contributed by atoms with Crippen molar-refractivity contribution < 1.29 is 13.6 Å². The van der Waals surface area contributed by atoms with Crippen LogP contribution in [0.15, 0.2) is 41.1 Å². The molecule has 0 aliphatic carbocycles. The number of anilines is 1. The number of hydrogen-bond donors (Lipinski definition) is 2. The molecule has 0 saturated carbocycles. The number of aryl methyl sites for hydroxylation is 1. The number of halogens is 1. The minimum absolute atomic E-state index is 0.106. The van der Waals surface area contributed by atoms with Crippen molar-refractivity contribution in [2.24, 2.45) is 0 Å². The number of fused-ring (bicyclic) bond motifs is 3. The molecule has 2 N–H and O–H groups in total. The van der Waals surface area contributed by atoms with Crippen molar-refractivity contribution in [2.75, 3.05) is 18.5 Å². The first kappa shape index (κ1) is 19.9. The number of oxazole rings is 1. The number of carbonyl (C=O) groups is 1. The Hall–Kier alpha value is -3.00. The van der Waals surface area contributed by atoms with E-state index in [2.05, 4.69) is 20.6 Å². The van der Waals surface area contributed by atoms with Crippen LogP contribution in [0.5, 0.6) is 0 Å². The quantitative estimate of drug-likeness (QED) is 0.640. The summed E-state index contributed by atoms with van der Waals surface area (Å²) in [6.45, 7) is 1.84. The molecule has 3 aromatic rings. The van der Waals surface area contributed by atoms with E-state index in [-0.39, 0.29) is 30.8 Å². The molecule has 2 aromatic heterocycles. The lowest BCUT2D eigenvalue weighted by atomic mass is 9.97. The molecule has 2 amide bonds. The van der Waals surface area contributed by atoms with Gasteiger partial charge in [-0.1, -0.05) is 12.1 Å². The van der Waals surface area contributed by atoms with Crippen molar-refractivity contribution in [3.05, 3.63) is 42.5 Å². The lowest BCUT2D eigenvalue weighted by molar-refractivity contribution is 0.141. The molecule has 2 aliphatic heterocycles. The van der Waals surface area contributed by atoms with Crippen LogP contribution < -0.4 is 10.6 Å². The summed E-state index contributed by atoms with van der Waals surface area (Å²) < 4.78 is 18.1. The molecule has 0 unspecified atom stereocenters. The maximum atomic E-state index is 13.0. The minimum Gasteiger partial charge on any atom is -0.441 e. The zero-order chi connectivity index (χ0) is 21.4. The number of hydrogen-bond acceptors (Lipinski definition) is 5. The van der Waals surface area contributed by atoms with E-state index in [1.165, 1.54) is 0 Å². The molecule has 0 spiro atoms. The first-order valence-electron chi connectivity index (χ1n) is 10.8. The highest BCUT2D eigenvalue weighted by molar-refractivity contribution is 5.93. The van der Waals surface area contributed by atoms with Crippen LogP contribution in [-0.2, 0) is 0 Å². The predicted molar refractivity (Wildman–Crippen MR) is 117 cm³/mol. The number of alkyl halides is 1. The van der Waals surface area contributed by atoms with E-state index in [1.807, 2.05) is 36.1 Å². The number of amides is 2. The van der Waals surface area contributed by atoms with Gasteiger partial charge >= 0.3 is 6.03 Å². The summed E-state index contributed by atoms with van der Waals surface area (Å²) in [4.78, 5) is 23.6. The van der Waals surface area contributed by atoms with Gasteiger partial charge in [0.05, 0.1) is 6.20 Å². The second-order valence-corrected chi connectivity index (χ2v) is 8.41. The molecular formula is C23H26FN5O2. The highest BCUT2D eigenvalue weighted by atomic mass is 19.1. The van der Waals surface area contributed by atoms with Crippen LogP contribution in [0.4, 0.5) is 15.0 Å². The number of nitrogens with zero attached hydrogens (tertiary/aromatic N) is 3. The van der Waals surface area contributed by atoms with E-state index in [1.54, 1.807) is 12.4 Å². The highest BCUT2D eigenvalue weighted by Gasteiger charge is 2.43. The van der Waals surface area contributed by atoms with E-state index >= 15 is 0 Å². The van der Waals surface area contributed by atoms with Gasteiger partial charge in [0, 0.05) is 48.7 Å². The Morgan fingerprint density at radius 3 is 2.68 bits per heavy atom. The van der Waals surface area contributed by atoms with Gasteiger partial charge in [-0.15, -0.1) is 0 Å². The lowest BCUT2D eigenvalue weighted by Gasteiger charge is -2.39. The maximum absolute atomic E-state index is 13.0. The normalized spacial score (nSPS) is 22.8. The molecule has 2 aliphatic rings. The molecule has 162 valence electrons. The van der Waals surface area contributed by atoms with Crippen molar-refractivity contribution in [1.82, 2.24) is 20.2 Å². The molecule has 1 aromatic carbocycles. The Labute approximate surface area is 180 Å². The smallest absolute Gasteiger partial charge is 0.323 e. The van der Waals surface area contributed by atoms with E-state index in [0.717, 1.165) is 42.0 Å². The molecule has 8 heteroatoms. The number of carbonyl (C=O) groups excluding carboxylic acids is 1. The van der Waals surface area contributed by atoms with Crippen molar-refractivity contribution in [3.8, 4) is 11.3 Å². The maximum Gasteiger partial charge on any atom is 0.323 e. The Morgan fingerprint density at radius 2 is 1.97 bits per heavy atom. The van der Waals surface area contributed by atoms with E-state index in [9.17, 15) is 9.18 Å². The van der Waals surface area contributed by atoms with Gasteiger partial charge in [0.25, 0.3) is 0 Å². The summed E-state index contributed by atoms with van der Waals surface area (Å²) in [5, 5.41) is 8.20. The molecular weight excluding hydrogens is 397 g/mol. The van der Waals surface area contributed by atoms with Gasteiger partial charge in [-0.2, -0.15) is 0 Å². The monoisotopic (exact) mass is 423 g/mol. The second-order valence-electron chi connectivity index (χ2n) is 8.41. The zero-order valence-corrected chi connectivity index (χ0v) is 17.5. The number of benzene rings is 1. The third-order valence-corrected chi connectivity index (χ3v) is 6.36. The predicted octanol–water partition coefficient (Wildman–Crippen LogP) is 4.28. The molecule has 2 bridgehead atoms. The van der Waals surface area contributed by atoms with E-state index in [4.69, 9.17) is 4.42 Å². The lowest BCUT2D eigenvalue weighted by Crippen LogP contribution is -2.53. The number of aromatic nitrogens is 2. The summed E-state index contributed by atoms with van der Waals surface area (Å²) >= 11 is 0. The van der Waals surface area contributed by atoms with Gasteiger partial charge in [-0.25, -0.2) is 19.2 Å². The SMILES string of the molecule is Cc1ncc(-c2ccc3cnc(NC(=O)N4[C@@H]5CC[C@H]4C[C@@H](NCCF)C5)cc3c2)o1. The number of piperidine rings is 1. The molecule has 31 heavy (non-hydrogen) atoms. The average Bonchev–Trinajstić information content (AvgIpc) is 3.32. The molecule has 0 radical (unpaired) electrons. The van der Waals surface area contributed by atoms with Crippen LogP contribution in [0.25, 0.3) is 22.1 Å². The van der Waals surface area contributed by atoms with E-state index < -0.39 is 0 Å². The standard InChI is InChI=1S/C23H26FN5O2/c1-14-26-13-21(31-14)15-2-3-16-12-27-22(9-17(16)8-15)28-23(30)29-19-4-5-20(29)11-18(10-19)25-7-6-24/h2-3,8-9,12-13,18-20,25H,4-7,10-11H2,1H3,(H,27,28,30)/t18-,19+,20-. The van der Waals surface area contributed by atoms with Crippen LogP contribution >= 0.6 is 0 Å².